The molecule has 3 rings (SSSR count). The van der Waals surface area contributed by atoms with E-state index in [0.717, 1.165) is 29.1 Å². The first kappa shape index (κ1) is 16.9. The van der Waals surface area contributed by atoms with Crippen LogP contribution < -0.4 is 10.6 Å². The largest absolute Gasteiger partial charge is 0.368 e. The highest BCUT2D eigenvalue weighted by Crippen LogP contribution is 2.36. The van der Waals surface area contributed by atoms with Gasteiger partial charge in [0, 0.05) is 29.6 Å². The molecule has 0 aliphatic carbocycles. The number of anilines is 1. The van der Waals surface area contributed by atoms with E-state index >= 15 is 0 Å². The van der Waals surface area contributed by atoms with Crippen LogP contribution in [0.25, 0.3) is 21.3 Å². The zero-order valence-corrected chi connectivity index (χ0v) is 15.5. The molecule has 0 fully saturated rings. The molecule has 0 aliphatic heterocycles. The second-order valence-electron chi connectivity index (χ2n) is 7.02. The van der Waals surface area contributed by atoms with E-state index in [1.807, 2.05) is 0 Å². The Morgan fingerprint density at radius 2 is 1.79 bits per heavy atom. The lowest BCUT2D eigenvalue weighted by Crippen LogP contribution is -2.38. The molecular weight excluding hydrogens is 316 g/mol. The van der Waals surface area contributed by atoms with Gasteiger partial charge in [-0.15, -0.1) is 11.3 Å². The lowest BCUT2D eigenvalue weighted by Gasteiger charge is -2.20. The van der Waals surface area contributed by atoms with Gasteiger partial charge in [0.1, 0.15) is 17.0 Å². The third kappa shape index (κ3) is 3.91. The predicted octanol–water partition coefficient (Wildman–Crippen LogP) is 4.47. The molecule has 0 spiro atoms. The number of hydrogen-bond acceptors (Lipinski definition) is 5. The number of aryl methyl sites for hydroxylation is 1. The van der Waals surface area contributed by atoms with Gasteiger partial charge >= 0.3 is 0 Å². The van der Waals surface area contributed by atoms with E-state index in [4.69, 9.17) is 0 Å². The zero-order chi connectivity index (χ0) is 17.2. The number of benzene rings is 1. The van der Waals surface area contributed by atoms with Crippen molar-refractivity contribution >= 4 is 27.4 Å². The minimum atomic E-state index is 0.123. The van der Waals surface area contributed by atoms with Crippen molar-refractivity contribution in [1.82, 2.24) is 15.3 Å². The number of hydrogen-bond donors (Lipinski definition) is 2. The van der Waals surface area contributed by atoms with Gasteiger partial charge in [0.05, 0.1) is 5.39 Å². The molecule has 5 heteroatoms. The van der Waals surface area contributed by atoms with Gasteiger partial charge in [-0.05, 0) is 33.3 Å². The van der Waals surface area contributed by atoms with Crippen LogP contribution in [0.2, 0.25) is 0 Å². The summed E-state index contributed by atoms with van der Waals surface area (Å²) in [5.41, 5.74) is 3.79. The van der Waals surface area contributed by atoms with Crippen LogP contribution in [0.5, 0.6) is 0 Å². The first-order chi connectivity index (χ1) is 11.4. The minimum absolute atomic E-state index is 0.123. The van der Waals surface area contributed by atoms with Gasteiger partial charge in [-0.25, -0.2) is 9.97 Å². The van der Waals surface area contributed by atoms with Crippen molar-refractivity contribution in [2.45, 2.75) is 33.2 Å². The fourth-order valence-electron chi connectivity index (χ4n) is 2.57. The molecule has 24 heavy (non-hydrogen) atoms. The summed E-state index contributed by atoms with van der Waals surface area (Å²) < 4.78 is 0. The fraction of sp³-hybridized carbons (Fsp3) is 0.368. The Balaban J connectivity index is 1.86. The summed E-state index contributed by atoms with van der Waals surface area (Å²) in [6, 6.07) is 8.61. The molecule has 2 heterocycles. The average Bonchev–Trinajstić information content (AvgIpc) is 2.96. The van der Waals surface area contributed by atoms with Crippen LogP contribution in [0.4, 0.5) is 5.82 Å². The van der Waals surface area contributed by atoms with Crippen LogP contribution in [0, 0.1) is 6.92 Å². The van der Waals surface area contributed by atoms with Crippen molar-refractivity contribution in [3.63, 3.8) is 0 Å². The summed E-state index contributed by atoms with van der Waals surface area (Å²) in [5.74, 6) is 0.910. The first-order valence-electron chi connectivity index (χ1n) is 8.22. The molecule has 4 nitrogen and oxygen atoms in total. The van der Waals surface area contributed by atoms with E-state index in [1.54, 1.807) is 17.7 Å². The van der Waals surface area contributed by atoms with Crippen molar-refractivity contribution < 1.29 is 0 Å². The van der Waals surface area contributed by atoms with Gasteiger partial charge in [-0.2, -0.15) is 0 Å². The third-order valence-corrected chi connectivity index (χ3v) is 4.69. The molecule has 2 aromatic heterocycles. The Hall–Kier alpha value is -1.98. The molecular formula is C19H24N4S. The third-order valence-electron chi connectivity index (χ3n) is 3.81. The Labute approximate surface area is 147 Å². The fourth-order valence-corrected chi connectivity index (χ4v) is 3.49. The van der Waals surface area contributed by atoms with Crippen molar-refractivity contribution in [2.24, 2.45) is 0 Å². The normalized spacial score (nSPS) is 11.8. The highest BCUT2D eigenvalue weighted by molar-refractivity contribution is 7.17. The second-order valence-corrected chi connectivity index (χ2v) is 7.88. The van der Waals surface area contributed by atoms with Crippen molar-refractivity contribution in [3.8, 4) is 11.1 Å². The molecule has 2 N–H and O–H groups in total. The highest BCUT2D eigenvalue weighted by atomic mass is 32.1. The van der Waals surface area contributed by atoms with E-state index < -0.39 is 0 Å². The van der Waals surface area contributed by atoms with Crippen molar-refractivity contribution in [1.29, 1.82) is 0 Å². The zero-order valence-electron chi connectivity index (χ0n) is 14.7. The number of fused-ring (bicyclic) bond motifs is 1. The molecule has 0 saturated heterocycles. The van der Waals surface area contributed by atoms with E-state index in [9.17, 15) is 0 Å². The molecule has 0 aliphatic rings. The van der Waals surface area contributed by atoms with Gasteiger partial charge in [-0.1, -0.05) is 29.8 Å². The number of aromatic nitrogens is 2. The Morgan fingerprint density at radius 1 is 1.04 bits per heavy atom. The van der Waals surface area contributed by atoms with Gasteiger partial charge in [0.2, 0.25) is 0 Å². The van der Waals surface area contributed by atoms with Crippen LogP contribution in [0.3, 0.4) is 0 Å². The van der Waals surface area contributed by atoms with Gasteiger partial charge in [-0.3, -0.25) is 0 Å². The minimum Gasteiger partial charge on any atom is -0.368 e. The molecule has 0 amide bonds. The van der Waals surface area contributed by atoms with E-state index in [2.05, 4.69) is 77.9 Å². The summed E-state index contributed by atoms with van der Waals surface area (Å²) in [6.45, 7) is 10.3. The lowest BCUT2D eigenvalue weighted by molar-refractivity contribution is 0.435. The van der Waals surface area contributed by atoms with Crippen LogP contribution >= 0.6 is 11.3 Å². The Bertz CT molecular complexity index is 815. The number of nitrogens with zero attached hydrogens (tertiary/aromatic N) is 2. The van der Waals surface area contributed by atoms with Crippen molar-refractivity contribution in [3.05, 3.63) is 41.5 Å². The molecule has 126 valence electrons. The maximum atomic E-state index is 4.47. The van der Waals surface area contributed by atoms with Crippen LogP contribution in [-0.2, 0) is 0 Å². The van der Waals surface area contributed by atoms with Crippen LogP contribution in [-0.4, -0.2) is 28.6 Å². The van der Waals surface area contributed by atoms with E-state index in [-0.39, 0.29) is 5.54 Å². The quantitative estimate of drug-likeness (QED) is 0.673. The summed E-state index contributed by atoms with van der Waals surface area (Å²) >= 11 is 1.66. The first-order valence-corrected chi connectivity index (χ1v) is 9.10. The lowest BCUT2D eigenvalue weighted by atomic mass is 10.0. The monoisotopic (exact) mass is 340 g/mol. The van der Waals surface area contributed by atoms with Gasteiger partial charge in [0.15, 0.2) is 0 Å². The molecule has 0 saturated carbocycles. The maximum absolute atomic E-state index is 4.47. The maximum Gasteiger partial charge on any atom is 0.138 e. The second kappa shape index (κ2) is 6.87. The van der Waals surface area contributed by atoms with Crippen LogP contribution in [0.1, 0.15) is 26.3 Å². The smallest absolute Gasteiger partial charge is 0.138 e. The molecule has 1 aromatic carbocycles. The average molecular weight is 340 g/mol. The summed E-state index contributed by atoms with van der Waals surface area (Å²) in [4.78, 5) is 9.92. The van der Waals surface area contributed by atoms with E-state index in [1.165, 1.54) is 16.7 Å². The molecule has 0 bridgehead atoms. The summed E-state index contributed by atoms with van der Waals surface area (Å²) in [6.07, 6.45) is 1.64. The standard InChI is InChI=1S/C19H24N4S/c1-13-5-7-14(8-6-13)15-11-24-18-16(15)17(21-12-22-18)20-9-10-23-19(2,3)4/h5-8,11-12,23H,9-10H2,1-4H3,(H,20,21,22). The molecule has 0 atom stereocenters. The molecule has 0 unspecified atom stereocenters. The van der Waals surface area contributed by atoms with Crippen LogP contribution in [0.15, 0.2) is 36.0 Å². The highest BCUT2D eigenvalue weighted by Gasteiger charge is 2.13. The van der Waals surface area contributed by atoms with Gasteiger partial charge < -0.3 is 10.6 Å². The molecule has 0 radical (unpaired) electrons. The molecule has 3 aromatic rings. The number of nitrogens with one attached hydrogen (secondary N) is 2. The predicted molar refractivity (Wildman–Crippen MR) is 104 cm³/mol. The topological polar surface area (TPSA) is 49.8 Å². The van der Waals surface area contributed by atoms with Gasteiger partial charge in [0.25, 0.3) is 0 Å². The van der Waals surface area contributed by atoms with E-state index in [0.29, 0.717) is 0 Å². The Morgan fingerprint density at radius 3 is 2.50 bits per heavy atom. The number of rotatable bonds is 5. The summed E-state index contributed by atoms with van der Waals surface area (Å²) in [7, 11) is 0. The SMILES string of the molecule is Cc1ccc(-c2csc3ncnc(NCCNC(C)(C)C)c23)cc1. The number of thiophene rings is 1. The Kier molecular flexibility index (Phi) is 4.83. The van der Waals surface area contributed by atoms with Crippen molar-refractivity contribution in [2.75, 3.05) is 18.4 Å². The summed E-state index contributed by atoms with van der Waals surface area (Å²) in [5, 5.41) is 10.2.